The van der Waals surface area contributed by atoms with Gasteiger partial charge in [-0.1, -0.05) is 6.08 Å². The Morgan fingerprint density at radius 3 is 2.71 bits per heavy atom. The Balaban J connectivity index is 2.10. The minimum Gasteiger partial charge on any atom is -0.501 e. The molecule has 14 heavy (non-hydrogen) atoms. The molecule has 1 aliphatic carbocycles. The number of nitrogens with zero attached hydrogens (tertiary/aromatic N) is 1. The van der Waals surface area contributed by atoms with Crippen LogP contribution in [0.1, 0.15) is 12.8 Å². The number of methoxy groups -OCH3 is 1. The Hall–Kier alpha value is -1.51. The highest BCUT2D eigenvalue weighted by Crippen LogP contribution is 2.23. The molecule has 0 radical (unpaired) electrons. The van der Waals surface area contributed by atoms with Crippen molar-refractivity contribution >= 4 is 5.91 Å². The van der Waals surface area contributed by atoms with Gasteiger partial charge in [0.25, 0.3) is 5.91 Å². The van der Waals surface area contributed by atoms with Gasteiger partial charge in [-0.2, -0.15) is 0 Å². The predicted octanol–water partition coefficient (Wildman–Crippen LogP) is 1.59. The molecule has 0 unspecified atom stereocenters. The van der Waals surface area contributed by atoms with Crippen molar-refractivity contribution in [2.24, 2.45) is 0 Å². The predicted molar refractivity (Wildman–Crippen MR) is 53.3 cm³/mol. The molecule has 0 bridgehead atoms. The van der Waals surface area contributed by atoms with E-state index in [1.807, 2.05) is 18.2 Å². The second kappa shape index (κ2) is 3.70. The summed E-state index contributed by atoms with van der Waals surface area (Å²) in [6, 6.07) is 0. The second-order valence-electron chi connectivity index (χ2n) is 3.35. The van der Waals surface area contributed by atoms with Crippen molar-refractivity contribution in [3.8, 4) is 0 Å². The quantitative estimate of drug-likeness (QED) is 0.663. The molecule has 0 atom stereocenters. The van der Waals surface area contributed by atoms with Crippen molar-refractivity contribution in [3.05, 3.63) is 35.8 Å². The van der Waals surface area contributed by atoms with E-state index in [0.717, 1.165) is 24.3 Å². The number of carbonyl (C=O) groups is 1. The van der Waals surface area contributed by atoms with Gasteiger partial charge >= 0.3 is 0 Å². The highest BCUT2D eigenvalue weighted by molar-refractivity contribution is 5.91. The van der Waals surface area contributed by atoms with Gasteiger partial charge in [0.1, 0.15) is 0 Å². The summed E-state index contributed by atoms with van der Waals surface area (Å²) in [5.41, 5.74) is 1.08. The number of allylic oxidation sites excluding steroid dienone is 4. The van der Waals surface area contributed by atoms with E-state index in [1.54, 1.807) is 18.1 Å². The lowest BCUT2D eigenvalue weighted by atomic mass is 10.1. The minimum absolute atomic E-state index is 0.0884. The monoisotopic (exact) mass is 191 g/mol. The molecule has 0 saturated heterocycles. The first-order valence-electron chi connectivity index (χ1n) is 4.73. The third-order valence-corrected chi connectivity index (χ3v) is 2.51. The molecule has 1 aliphatic heterocycles. The second-order valence-corrected chi connectivity index (χ2v) is 3.35. The van der Waals surface area contributed by atoms with Crippen LogP contribution < -0.4 is 0 Å². The Kier molecular flexibility index (Phi) is 2.39. The third-order valence-electron chi connectivity index (χ3n) is 2.51. The lowest BCUT2D eigenvalue weighted by molar-refractivity contribution is -0.123. The molecule has 2 aliphatic rings. The summed E-state index contributed by atoms with van der Waals surface area (Å²) in [4.78, 5) is 13.2. The normalized spacial score (nSPS) is 20.9. The molecule has 74 valence electrons. The van der Waals surface area contributed by atoms with Gasteiger partial charge in [0.05, 0.1) is 12.9 Å². The summed E-state index contributed by atoms with van der Waals surface area (Å²) in [6.45, 7) is 0.709. The molecule has 0 aromatic carbocycles. The number of ether oxygens (including phenoxy) is 1. The first-order chi connectivity index (χ1) is 6.81. The van der Waals surface area contributed by atoms with Crippen LogP contribution >= 0.6 is 0 Å². The van der Waals surface area contributed by atoms with E-state index in [9.17, 15) is 4.79 Å². The van der Waals surface area contributed by atoms with Crippen molar-refractivity contribution < 1.29 is 9.53 Å². The van der Waals surface area contributed by atoms with Crippen molar-refractivity contribution in [2.45, 2.75) is 12.8 Å². The lowest BCUT2D eigenvalue weighted by Crippen LogP contribution is -2.25. The molecule has 1 amide bonds. The Morgan fingerprint density at radius 2 is 2.21 bits per heavy atom. The minimum atomic E-state index is 0.0884. The number of carbonyl (C=O) groups excluding carboxylic acids is 1. The van der Waals surface area contributed by atoms with Crippen LogP contribution in [0.5, 0.6) is 0 Å². The third kappa shape index (κ3) is 1.58. The van der Waals surface area contributed by atoms with Crippen LogP contribution in [-0.4, -0.2) is 24.5 Å². The largest absolute Gasteiger partial charge is 0.501 e. The molecular weight excluding hydrogens is 178 g/mol. The van der Waals surface area contributed by atoms with Crippen LogP contribution in [-0.2, 0) is 9.53 Å². The zero-order valence-corrected chi connectivity index (χ0v) is 8.19. The standard InChI is InChI=1S/C11H13NO2/c1-14-10-6-4-9(5-7-10)12-8-2-3-11(12)13/h2-4,6H,5,7-8H2,1H3. The summed E-state index contributed by atoms with van der Waals surface area (Å²) >= 11 is 0. The number of rotatable bonds is 2. The van der Waals surface area contributed by atoms with E-state index in [2.05, 4.69) is 0 Å². The van der Waals surface area contributed by atoms with E-state index in [4.69, 9.17) is 4.74 Å². The summed E-state index contributed by atoms with van der Waals surface area (Å²) < 4.78 is 5.13. The van der Waals surface area contributed by atoms with Gasteiger partial charge in [-0.25, -0.2) is 0 Å². The van der Waals surface area contributed by atoms with E-state index >= 15 is 0 Å². The number of hydrogen-bond donors (Lipinski definition) is 0. The Morgan fingerprint density at radius 1 is 1.36 bits per heavy atom. The fourth-order valence-electron chi connectivity index (χ4n) is 1.70. The van der Waals surface area contributed by atoms with Gasteiger partial charge < -0.3 is 9.64 Å². The van der Waals surface area contributed by atoms with Crippen LogP contribution in [0.25, 0.3) is 0 Å². The first-order valence-corrected chi connectivity index (χ1v) is 4.73. The number of amides is 1. The molecule has 3 nitrogen and oxygen atoms in total. The van der Waals surface area contributed by atoms with Gasteiger partial charge in [-0.05, 0) is 18.6 Å². The molecule has 0 spiro atoms. The Bertz CT molecular complexity index is 339. The Labute approximate surface area is 83.3 Å². The molecule has 0 N–H and O–H groups in total. The molecule has 3 heteroatoms. The molecule has 0 aromatic rings. The zero-order valence-electron chi connectivity index (χ0n) is 8.19. The average molecular weight is 191 g/mol. The molecule has 0 fully saturated rings. The summed E-state index contributed by atoms with van der Waals surface area (Å²) in [7, 11) is 1.67. The van der Waals surface area contributed by atoms with Crippen molar-refractivity contribution in [1.82, 2.24) is 4.90 Å². The maximum absolute atomic E-state index is 11.4. The molecule has 2 rings (SSSR count). The smallest absolute Gasteiger partial charge is 0.250 e. The summed E-state index contributed by atoms with van der Waals surface area (Å²) in [5.74, 6) is 1.07. The van der Waals surface area contributed by atoms with E-state index in [0.29, 0.717) is 6.54 Å². The topological polar surface area (TPSA) is 29.5 Å². The van der Waals surface area contributed by atoms with Gasteiger partial charge in [0.2, 0.25) is 0 Å². The molecular formula is C11H13NO2. The van der Waals surface area contributed by atoms with Gasteiger partial charge in [0, 0.05) is 24.7 Å². The maximum Gasteiger partial charge on any atom is 0.250 e. The fourth-order valence-corrected chi connectivity index (χ4v) is 1.70. The summed E-state index contributed by atoms with van der Waals surface area (Å²) in [5, 5.41) is 0. The summed E-state index contributed by atoms with van der Waals surface area (Å²) in [6.07, 6.45) is 9.17. The highest BCUT2D eigenvalue weighted by Gasteiger charge is 2.20. The van der Waals surface area contributed by atoms with Crippen molar-refractivity contribution in [1.29, 1.82) is 0 Å². The highest BCUT2D eigenvalue weighted by atomic mass is 16.5. The van der Waals surface area contributed by atoms with E-state index < -0.39 is 0 Å². The molecule has 1 heterocycles. The van der Waals surface area contributed by atoms with Crippen LogP contribution in [0.2, 0.25) is 0 Å². The van der Waals surface area contributed by atoms with Gasteiger partial charge in [0.15, 0.2) is 0 Å². The maximum atomic E-state index is 11.4. The van der Waals surface area contributed by atoms with Crippen molar-refractivity contribution in [2.75, 3.05) is 13.7 Å². The van der Waals surface area contributed by atoms with Gasteiger partial charge in [-0.15, -0.1) is 0 Å². The SMILES string of the molecule is COC1=CC=C(N2CC=CC2=O)CC1. The van der Waals surface area contributed by atoms with Crippen LogP contribution in [0.3, 0.4) is 0 Å². The van der Waals surface area contributed by atoms with Gasteiger partial charge in [-0.3, -0.25) is 4.79 Å². The number of hydrogen-bond acceptors (Lipinski definition) is 2. The lowest BCUT2D eigenvalue weighted by Gasteiger charge is -2.22. The fraction of sp³-hybridized carbons (Fsp3) is 0.364. The average Bonchev–Trinajstić information content (AvgIpc) is 2.65. The zero-order chi connectivity index (χ0) is 9.97. The van der Waals surface area contributed by atoms with E-state index in [1.165, 1.54) is 0 Å². The first kappa shape index (κ1) is 9.06. The van der Waals surface area contributed by atoms with Crippen molar-refractivity contribution in [3.63, 3.8) is 0 Å². The van der Waals surface area contributed by atoms with Crippen LogP contribution in [0.15, 0.2) is 35.8 Å². The molecule has 0 saturated carbocycles. The molecule has 0 aromatic heterocycles. The van der Waals surface area contributed by atoms with Crippen LogP contribution in [0, 0.1) is 0 Å². The van der Waals surface area contributed by atoms with E-state index in [-0.39, 0.29) is 5.91 Å². The van der Waals surface area contributed by atoms with Crippen LogP contribution in [0.4, 0.5) is 0 Å².